The van der Waals surface area contributed by atoms with Crippen LogP contribution in [0.5, 0.6) is 0 Å². The number of nitrogen functional groups attached to an aromatic ring is 2. The summed E-state index contributed by atoms with van der Waals surface area (Å²) in [6.07, 6.45) is 0. The summed E-state index contributed by atoms with van der Waals surface area (Å²) in [6, 6.07) is 5.19. The number of nitrogens with zero attached hydrogens (tertiary/aromatic N) is 3. The van der Waals surface area contributed by atoms with Gasteiger partial charge in [-0.05, 0) is 19.1 Å². The van der Waals surface area contributed by atoms with Crippen molar-refractivity contribution < 1.29 is 9.21 Å². The molecule has 0 saturated heterocycles. The first-order valence-electron chi connectivity index (χ1n) is 6.26. The summed E-state index contributed by atoms with van der Waals surface area (Å²) < 4.78 is 5.44. The lowest BCUT2D eigenvalue weighted by atomic mass is 10.4. The summed E-state index contributed by atoms with van der Waals surface area (Å²) in [7, 11) is 1.72. The Bertz CT molecular complexity index is 623. The minimum atomic E-state index is -0.0568. The van der Waals surface area contributed by atoms with Gasteiger partial charge in [-0.2, -0.15) is 0 Å². The average Bonchev–Trinajstić information content (AvgIpc) is 2.80. The number of hydrogen-bond acceptors (Lipinski definition) is 7. The predicted octanol–water partition coefficient (Wildman–Crippen LogP) is 1.29. The van der Waals surface area contributed by atoms with Crippen molar-refractivity contribution in [3.05, 3.63) is 29.7 Å². The second-order valence-electron chi connectivity index (χ2n) is 4.55. The van der Waals surface area contributed by atoms with Gasteiger partial charge in [-0.15, -0.1) is 0 Å². The van der Waals surface area contributed by atoms with Crippen LogP contribution in [-0.2, 0) is 11.3 Å². The molecule has 0 aliphatic rings. The number of furan rings is 1. The van der Waals surface area contributed by atoms with E-state index in [4.69, 9.17) is 15.9 Å². The number of anilines is 2. The van der Waals surface area contributed by atoms with Crippen LogP contribution < -0.4 is 11.5 Å². The molecule has 0 atom stereocenters. The molecule has 2 rings (SSSR count). The van der Waals surface area contributed by atoms with Gasteiger partial charge >= 0.3 is 0 Å². The van der Waals surface area contributed by atoms with Crippen molar-refractivity contribution >= 4 is 29.3 Å². The minimum absolute atomic E-state index is 0.0568. The number of hydrogen-bond donors (Lipinski definition) is 2. The topological polar surface area (TPSA) is 111 Å². The van der Waals surface area contributed by atoms with E-state index >= 15 is 0 Å². The third-order valence-electron chi connectivity index (χ3n) is 2.68. The molecular formula is C13H17N5O2S. The maximum atomic E-state index is 12.0. The molecule has 0 aromatic carbocycles. The molecule has 7 nitrogen and oxygen atoms in total. The van der Waals surface area contributed by atoms with Crippen LogP contribution in [0.2, 0.25) is 0 Å². The molecule has 0 aliphatic heterocycles. The summed E-state index contributed by atoms with van der Waals surface area (Å²) >= 11 is 1.20. The molecule has 0 saturated carbocycles. The summed E-state index contributed by atoms with van der Waals surface area (Å²) in [4.78, 5) is 21.7. The Morgan fingerprint density at radius 1 is 1.33 bits per heavy atom. The van der Waals surface area contributed by atoms with Crippen LogP contribution in [0, 0.1) is 6.92 Å². The Morgan fingerprint density at radius 3 is 2.57 bits per heavy atom. The number of thioether (sulfide) groups is 1. The Balaban J connectivity index is 1.88. The molecule has 8 heteroatoms. The summed E-state index contributed by atoms with van der Waals surface area (Å²) in [5.41, 5.74) is 11.2. The van der Waals surface area contributed by atoms with E-state index in [0.29, 0.717) is 11.7 Å². The first-order chi connectivity index (χ1) is 9.94. The fraction of sp³-hybridized carbons (Fsp3) is 0.308. The van der Waals surface area contributed by atoms with Crippen molar-refractivity contribution in [2.24, 2.45) is 0 Å². The largest absolute Gasteiger partial charge is 0.464 e. The van der Waals surface area contributed by atoms with E-state index < -0.39 is 0 Å². The summed E-state index contributed by atoms with van der Waals surface area (Å²) in [5.74, 6) is 2.30. The molecule has 0 fully saturated rings. The van der Waals surface area contributed by atoms with Gasteiger partial charge < -0.3 is 20.8 Å². The third-order valence-corrected chi connectivity index (χ3v) is 3.52. The Morgan fingerprint density at radius 2 is 2.00 bits per heavy atom. The molecule has 0 radical (unpaired) electrons. The minimum Gasteiger partial charge on any atom is -0.464 e. The molecule has 2 aromatic rings. The zero-order valence-electron chi connectivity index (χ0n) is 11.9. The van der Waals surface area contributed by atoms with Crippen LogP contribution in [0.3, 0.4) is 0 Å². The highest BCUT2D eigenvalue weighted by Gasteiger charge is 2.13. The molecule has 0 bridgehead atoms. The Labute approximate surface area is 126 Å². The van der Waals surface area contributed by atoms with Gasteiger partial charge in [0, 0.05) is 13.1 Å². The van der Waals surface area contributed by atoms with Gasteiger partial charge in [0.15, 0.2) is 5.16 Å². The molecule has 4 N–H and O–H groups in total. The van der Waals surface area contributed by atoms with Crippen molar-refractivity contribution in [1.82, 2.24) is 14.9 Å². The lowest BCUT2D eigenvalue weighted by Gasteiger charge is -2.15. The van der Waals surface area contributed by atoms with Crippen LogP contribution >= 0.6 is 11.8 Å². The van der Waals surface area contributed by atoms with E-state index in [-0.39, 0.29) is 23.3 Å². The van der Waals surface area contributed by atoms with E-state index in [1.807, 2.05) is 19.1 Å². The van der Waals surface area contributed by atoms with Crippen LogP contribution in [-0.4, -0.2) is 33.6 Å². The van der Waals surface area contributed by atoms with Gasteiger partial charge in [-0.3, -0.25) is 4.79 Å². The number of aromatic nitrogens is 2. The van der Waals surface area contributed by atoms with E-state index in [0.717, 1.165) is 11.5 Å². The number of amides is 1. The molecule has 1 amide bonds. The number of nitrogens with two attached hydrogens (primary N) is 2. The zero-order chi connectivity index (χ0) is 15.4. The van der Waals surface area contributed by atoms with Crippen LogP contribution in [0.4, 0.5) is 11.6 Å². The monoisotopic (exact) mass is 307 g/mol. The number of aryl methyl sites for hydroxylation is 1. The maximum absolute atomic E-state index is 12.0. The standard InChI is InChI=1S/C13H17N5O2S/c1-8-3-4-9(20-8)6-18(2)12(19)7-21-13-16-10(14)5-11(15)17-13/h3-5H,6-7H2,1-2H3,(H4,14,15,16,17). The second-order valence-corrected chi connectivity index (χ2v) is 5.49. The van der Waals surface area contributed by atoms with E-state index in [1.54, 1.807) is 11.9 Å². The fourth-order valence-corrected chi connectivity index (χ4v) is 2.47. The lowest BCUT2D eigenvalue weighted by molar-refractivity contribution is -0.127. The Kier molecular flexibility index (Phi) is 4.69. The van der Waals surface area contributed by atoms with Crippen molar-refractivity contribution in [3.8, 4) is 0 Å². The van der Waals surface area contributed by atoms with E-state index in [1.165, 1.54) is 17.8 Å². The molecule has 112 valence electrons. The SMILES string of the molecule is Cc1ccc(CN(C)C(=O)CSc2nc(N)cc(N)n2)o1. The van der Waals surface area contributed by atoms with Crippen molar-refractivity contribution in [1.29, 1.82) is 0 Å². The molecule has 0 aliphatic carbocycles. The molecule has 2 aromatic heterocycles. The molecule has 21 heavy (non-hydrogen) atoms. The first kappa shape index (κ1) is 15.2. The van der Waals surface area contributed by atoms with Crippen molar-refractivity contribution in [2.75, 3.05) is 24.3 Å². The molecule has 0 unspecified atom stereocenters. The smallest absolute Gasteiger partial charge is 0.233 e. The van der Waals surface area contributed by atoms with Crippen molar-refractivity contribution in [2.45, 2.75) is 18.6 Å². The normalized spacial score (nSPS) is 10.6. The second kappa shape index (κ2) is 6.49. The summed E-state index contributed by atoms with van der Waals surface area (Å²) in [5, 5.41) is 0.392. The highest BCUT2D eigenvalue weighted by atomic mass is 32.2. The molecule has 0 spiro atoms. The van der Waals surface area contributed by atoms with Gasteiger partial charge in [0.1, 0.15) is 23.2 Å². The van der Waals surface area contributed by atoms with E-state index in [2.05, 4.69) is 9.97 Å². The fourth-order valence-electron chi connectivity index (χ4n) is 1.66. The van der Waals surface area contributed by atoms with E-state index in [9.17, 15) is 4.79 Å². The first-order valence-corrected chi connectivity index (χ1v) is 7.24. The number of rotatable bonds is 5. The maximum Gasteiger partial charge on any atom is 0.233 e. The van der Waals surface area contributed by atoms with Gasteiger partial charge in [0.25, 0.3) is 0 Å². The van der Waals surface area contributed by atoms with Crippen molar-refractivity contribution in [3.63, 3.8) is 0 Å². The van der Waals surface area contributed by atoms with Gasteiger partial charge in [0.2, 0.25) is 5.91 Å². The van der Waals surface area contributed by atoms with Crippen LogP contribution in [0.25, 0.3) is 0 Å². The van der Waals surface area contributed by atoms with Gasteiger partial charge in [-0.1, -0.05) is 11.8 Å². The third kappa shape index (κ3) is 4.38. The van der Waals surface area contributed by atoms with Gasteiger partial charge in [-0.25, -0.2) is 9.97 Å². The molecule has 2 heterocycles. The predicted molar refractivity (Wildman–Crippen MR) is 81.5 cm³/mol. The number of carbonyl (C=O) groups is 1. The highest BCUT2D eigenvalue weighted by molar-refractivity contribution is 7.99. The average molecular weight is 307 g/mol. The Hall–Kier alpha value is -2.22. The zero-order valence-corrected chi connectivity index (χ0v) is 12.7. The number of carbonyl (C=O) groups excluding carboxylic acids is 1. The summed E-state index contributed by atoms with van der Waals surface area (Å²) in [6.45, 7) is 2.29. The lowest BCUT2D eigenvalue weighted by Crippen LogP contribution is -2.27. The molecular weight excluding hydrogens is 290 g/mol. The van der Waals surface area contributed by atoms with Gasteiger partial charge in [0.05, 0.1) is 12.3 Å². The van der Waals surface area contributed by atoms with Crippen LogP contribution in [0.1, 0.15) is 11.5 Å². The van der Waals surface area contributed by atoms with Crippen LogP contribution in [0.15, 0.2) is 27.8 Å². The quantitative estimate of drug-likeness (QED) is 0.632. The highest BCUT2D eigenvalue weighted by Crippen LogP contribution is 2.17.